The zero-order valence-electron chi connectivity index (χ0n) is 14.7. The standard InChI is InChI=1S/C20H24N2O3/c1-20(24-2,16-7-4-3-5-8-16)19(23)21-17-9-6-10-18(15-17)22-11-13-25-14-12-22/h3-10,15H,11-14H2,1-2H3,(H,21,23)/t20-/m1/s1. The molecular formula is C20H24N2O3. The average Bonchev–Trinajstić information content (AvgIpc) is 2.69. The zero-order chi connectivity index (χ0) is 17.7. The smallest absolute Gasteiger partial charge is 0.260 e. The quantitative estimate of drug-likeness (QED) is 0.909. The number of carbonyl (C=O) groups excluding carboxylic acids is 1. The van der Waals surface area contributed by atoms with Gasteiger partial charge >= 0.3 is 0 Å². The van der Waals surface area contributed by atoms with Crippen LogP contribution >= 0.6 is 0 Å². The number of amides is 1. The van der Waals surface area contributed by atoms with Gasteiger partial charge < -0.3 is 19.7 Å². The van der Waals surface area contributed by atoms with Gasteiger partial charge in [0.1, 0.15) is 0 Å². The van der Waals surface area contributed by atoms with E-state index < -0.39 is 5.60 Å². The molecule has 5 heteroatoms. The Morgan fingerprint density at radius 3 is 2.52 bits per heavy atom. The van der Waals surface area contributed by atoms with E-state index in [-0.39, 0.29) is 5.91 Å². The summed E-state index contributed by atoms with van der Waals surface area (Å²) in [6.07, 6.45) is 0. The summed E-state index contributed by atoms with van der Waals surface area (Å²) in [5.74, 6) is -0.194. The van der Waals surface area contributed by atoms with Gasteiger partial charge in [-0.1, -0.05) is 36.4 Å². The molecule has 0 radical (unpaired) electrons. The van der Waals surface area contributed by atoms with Gasteiger partial charge in [0, 0.05) is 31.6 Å². The number of hydrogen-bond donors (Lipinski definition) is 1. The Bertz CT molecular complexity index is 714. The molecular weight excluding hydrogens is 316 g/mol. The summed E-state index contributed by atoms with van der Waals surface area (Å²) < 4.78 is 11.0. The maximum absolute atomic E-state index is 12.9. The normalized spacial score (nSPS) is 17.0. The summed E-state index contributed by atoms with van der Waals surface area (Å²) in [5.41, 5.74) is 1.61. The van der Waals surface area contributed by atoms with Gasteiger partial charge in [0.15, 0.2) is 5.60 Å². The van der Waals surface area contributed by atoms with Crippen LogP contribution in [0.1, 0.15) is 12.5 Å². The Kier molecular flexibility index (Phi) is 5.36. The fourth-order valence-electron chi connectivity index (χ4n) is 2.95. The van der Waals surface area contributed by atoms with Gasteiger partial charge in [-0.3, -0.25) is 4.79 Å². The molecule has 1 amide bonds. The summed E-state index contributed by atoms with van der Waals surface area (Å²) in [5, 5.41) is 2.99. The van der Waals surface area contributed by atoms with Crippen LogP contribution in [-0.2, 0) is 19.9 Å². The van der Waals surface area contributed by atoms with Gasteiger partial charge in [-0.15, -0.1) is 0 Å². The molecule has 0 aliphatic carbocycles. The molecule has 1 N–H and O–H groups in total. The van der Waals surface area contributed by atoms with Crippen molar-refractivity contribution in [3.8, 4) is 0 Å². The van der Waals surface area contributed by atoms with Crippen molar-refractivity contribution >= 4 is 17.3 Å². The maximum Gasteiger partial charge on any atom is 0.260 e. The number of rotatable bonds is 5. The molecule has 0 bridgehead atoms. The molecule has 0 aromatic heterocycles. The minimum atomic E-state index is -1.05. The van der Waals surface area contributed by atoms with Gasteiger partial charge in [0.2, 0.25) is 0 Å². The second-order valence-corrected chi connectivity index (χ2v) is 6.21. The molecule has 0 unspecified atom stereocenters. The van der Waals surface area contributed by atoms with Gasteiger partial charge in [-0.05, 0) is 30.7 Å². The van der Waals surface area contributed by atoms with Crippen LogP contribution in [0.25, 0.3) is 0 Å². The average molecular weight is 340 g/mol. The number of morpholine rings is 1. The molecule has 1 heterocycles. The van der Waals surface area contributed by atoms with Crippen molar-refractivity contribution in [2.24, 2.45) is 0 Å². The lowest BCUT2D eigenvalue weighted by Crippen LogP contribution is -2.39. The van der Waals surface area contributed by atoms with Crippen molar-refractivity contribution in [2.45, 2.75) is 12.5 Å². The predicted octanol–water partition coefficient (Wildman–Crippen LogP) is 3.02. The highest BCUT2D eigenvalue weighted by atomic mass is 16.5. The van der Waals surface area contributed by atoms with Crippen LogP contribution in [0.4, 0.5) is 11.4 Å². The molecule has 3 rings (SSSR count). The van der Waals surface area contributed by atoms with Crippen LogP contribution in [0.5, 0.6) is 0 Å². The number of carbonyl (C=O) groups is 1. The van der Waals surface area contributed by atoms with E-state index in [1.165, 1.54) is 0 Å². The Balaban J connectivity index is 1.78. The first-order valence-corrected chi connectivity index (χ1v) is 8.48. The molecule has 132 valence electrons. The predicted molar refractivity (Wildman–Crippen MR) is 98.9 cm³/mol. The number of hydrogen-bond acceptors (Lipinski definition) is 4. The highest BCUT2D eigenvalue weighted by Gasteiger charge is 2.35. The number of methoxy groups -OCH3 is 1. The van der Waals surface area contributed by atoms with Gasteiger partial charge in [-0.2, -0.15) is 0 Å². The van der Waals surface area contributed by atoms with Crippen LogP contribution in [0.2, 0.25) is 0 Å². The molecule has 0 spiro atoms. The summed E-state index contributed by atoms with van der Waals surface area (Å²) in [4.78, 5) is 15.1. The topological polar surface area (TPSA) is 50.8 Å². The number of benzene rings is 2. The number of anilines is 2. The minimum absolute atomic E-state index is 0.194. The first-order valence-electron chi connectivity index (χ1n) is 8.48. The first kappa shape index (κ1) is 17.5. The highest BCUT2D eigenvalue weighted by Crippen LogP contribution is 2.27. The van der Waals surface area contributed by atoms with E-state index in [1.807, 2.05) is 54.6 Å². The van der Waals surface area contributed by atoms with Crippen molar-refractivity contribution in [3.63, 3.8) is 0 Å². The monoisotopic (exact) mass is 340 g/mol. The molecule has 25 heavy (non-hydrogen) atoms. The second-order valence-electron chi connectivity index (χ2n) is 6.21. The van der Waals surface area contributed by atoms with Gasteiger partial charge in [0.05, 0.1) is 13.2 Å². The van der Waals surface area contributed by atoms with Gasteiger partial charge in [0.25, 0.3) is 5.91 Å². The molecule has 1 aliphatic rings. The van der Waals surface area contributed by atoms with Crippen molar-refractivity contribution in [1.29, 1.82) is 0 Å². The lowest BCUT2D eigenvalue weighted by atomic mass is 9.94. The third kappa shape index (κ3) is 3.83. The van der Waals surface area contributed by atoms with Crippen LogP contribution < -0.4 is 10.2 Å². The van der Waals surface area contributed by atoms with Crippen molar-refractivity contribution in [1.82, 2.24) is 0 Å². The van der Waals surface area contributed by atoms with E-state index in [2.05, 4.69) is 10.2 Å². The van der Waals surface area contributed by atoms with E-state index in [9.17, 15) is 4.79 Å². The molecule has 0 saturated carbocycles. The third-order valence-electron chi connectivity index (χ3n) is 4.65. The van der Waals surface area contributed by atoms with Crippen molar-refractivity contribution in [3.05, 3.63) is 60.2 Å². The lowest BCUT2D eigenvalue weighted by molar-refractivity contribution is -0.136. The lowest BCUT2D eigenvalue weighted by Gasteiger charge is -2.30. The minimum Gasteiger partial charge on any atom is -0.378 e. The van der Waals surface area contributed by atoms with Crippen molar-refractivity contribution < 1.29 is 14.3 Å². The van der Waals surface area contributed by atoms with Crippen LogP contribution in [-0.4, -0.2) is 39.3 Å². The fourth-order valence-corrected chi connectivity index (χ4v) is 2.95. The first-order chi connectivity index (χ1) is 12.1. The van der Waals surface area contributed by atoms with E-state index in [0.717, 1.165) is 43.2 Å². The highest BCUT2D eigenvalue weighted by molar-refractivity contribution is 5.98. The fraction of sp³-hybridized carbons (Fsp3) is 0.350. The summed E-state index contributed by atoms with van der Waals surface area (Å²) >= 11 is 0. The SMILES string of the molecule is CO[C@@](C)(C(=O)Nc1cccc(N2CCOCC2)c1)c1ccccc1. The van der Waals surface area contributed by atoms with Crippen molar-refractivity contribution in [2.75, 3.05) is 43.6 Å². The Morgan fingerprint density at radius 1 is 1.12 bits per heavy atom. The number of nitrogens with zero attached hydrogens (tertiary/aromatic N) is 1. The molecule has 1 fully saturated rings. The Hall–Kier alpha value is -2.37. The van der Waals surface area contributed by atoms with Crippen LogP contribution in [0.3, 0.4) is 0 Å². The van der Waals surface area contributed by atoms with Crippen LogP contribution in [0, 0.1) is 0 Å². The molecule has 2 aromatic rings. The van der Waals surface area contributed by atoms with Gasteiger partial charge in [-0.25, -0.2) is 0 Å². The Morgan fingerprint density at radius 2 is 1.84 bits per heavy atom. The molecule has 2 aromatic carbocycles. The molecule has 1 atom stereocenters. The van der Waals surface area contributed by atoms with E-state index >= 15 is 0 Å². The third-order valence-corrected chi connectivity index (χ3v) is 4.65. The van der Waals surface area contributed by atoms with Crippen LogP contribution in [0.15, 0.2) is 54.6 Å². The summed E-state index contributed by atoms with van der Waals surface area (Å²) in [6.45, 7) is 4.95. The number of ether oxygens (including phenoxy) is 2. The Labute approximate surface area is 148 Å². The summed E-state index contributed by atoms with van der Waals surface area (Å²) in [6, 6.07) is 17.4. The molecule has 5 nitrogen and oxygen atoms in total. The van der Waals surface area contributed by atoms with E-state index in [4.69, 9.17) is 9.47 Å². The van der Waals surface area contributed by atoms with E-state index in [1.54, 1.807) is 14.0 Å². The maximum atomic E-state index is 12.9. The van der Waals surface area contributed by atoms with E-state index in [0.29, 0.717) is 0 Å². The largest absolute Gasteiger partial charge is 0.378 e. The number of nitrogens with one attached hydrogen (secondary N) is 1. The molecule has 1 aliphatic heterocycles. The second kappa shape index (κ2) is 7.68. The zero-order valence-corrected chi connectivity index (χ0v) is 14.7. The molecule has 1 saturated heterocycles. The summed E-state index contributed by atoms with van der Waals surface area (Å²) in [7, 11) is 1.55.